The summed E-state index contributed by atoms with van der Waals surface area (Å²) in [6.45, 7) is 4.31. The minimum Gasteiger partial charge on any atom is -0.470 e. The van der Waals surface area contributed by atoms with Gasteiger partial charge in [0.15, 0.2) is 18.8 Å². The minimum absolute atomic E-state index is 0.256. The van der Waals surface area contributed by atoms with Crippen LogP contribution < -0.4 is 0 Å². The van der Waals surface area contributed by atoms with Crippen LogP contribution in [0.5, 0.6) is 0 Å². The van der Waals surface area contributed by atoms with E-state index in [0.717, 1.165) is 44.8 Å². The third-order valence-electron chi connectivity index (χ3n) is 3.10. The first kappa shape index (κ1) is 12.2. The number of nitrogens with zero attached hydrogens (tertiary/aromatic N) is 1. The van der Waals surface area contributed by atoms with Gasteiger partial charge in [0.25, 0.3) is 0 Å². The number of carbonyl (C=O) groups excluding carboxylic acids is 1. The van der Waals surface area contributed by atoms with Gasteiger partial charge in [0.2, 0.25) is 0 Å². The summed E-state index contributed by atoms with van der Waals surface area (Å²) in [5.41, 5.74) is -0.256. The third-order valence-corrected chi connectivity index (χ3v) is 3.10. The van der Waals surface area contributed by atoms with Gasteiger partial charge in [0.1, 0.15) is 5.54 Å². The second kappa shape index (κ2) is 5.89. The average Bonchev–Trinajstić information content (AvgIpc) is 2.67. The fraction of sp³-hybridized carbons (Fsp3) is 0.833. The Morgan fingerprint density at radius 1 is 1.33 bits per heavy atom. The second-order valence-electron chi connectivity index (χ2n) is 4.24. The van der Waals surface area contributed by atoms with Crippen LogP contribution in [0.25, 0.3) is 0 Å². The first-order valence-electron chi connectivity index (χ1n) is 5.93. The summed E-state index contributed by atoms with van der Waals surface area (Å²) >= 11 is 0. The molecule has 1 unspecified atom stereocenters. The number of unbranched alkanes of at least 4 members (excludes halogenated alkanes) is 2. The fourth-order valence-corrected chi connectivity index (χ4v) is 2.06. The number of rotatable bonds is 7. The van der Waals surface area contributed by atoms with Crippen molar-refractivity contribution < 1.29 is 9.53 Å². The van der Waals surface area contributed by atoms with E-state index >= 15 is 0 Å². The van der Waals surface area contributed by atoms with Gasteiger partial charge in [-0.1, -0.05) is 39.5 Å². The zero-order chi connectivity index (χ0) is 11.1. The van der Waals surface area contributed by atoms with E-state index in [1.165, 1.54) is 6.40 Å². The molecule has 0 amide bonds. The summed E-state index contributed by atoms with van der Waals surface area (Å²) in [4.78, 5) is 15.4. The molecule has 0 saturated carbocycles. The van der Waals surface area contributed by atoms with Gasteiger partial charge in [-0.2, -0.15) is 0 Å². The molecule has 3 heteroatoms. The lowest BCUT2D eigenvalue weighted by molar-refractivity contribution is -0.116. The Kier molecular flexibility index (Phi) is 4.79. The maximum Gasteiger partial charge on any atom is 0.180 e. The Hall–Kier alpha value is -0.860. The van der Waals surface area contributed by atoms with Gasteiger partial charge in [0, 0.05) is 0 Å². The Balaban J connectivity index is 2.65. The van der Waals surface area contributed by atoms with E-state index in [4.69, 9.17) is 4.74 Å². The van der Waals surface area contributed by atoms with Gasteiger partial charge in [0.05, 0.1) is 0 Å². The lowest BCUT2D eigenvalue weighted by Crippen LogP contribution is -2.39. The van der Waals surface area contributed by atoms with Crippen LogP contribution in [0.1, 0.15) is 52.4 Å². The van der Waals surface area contributed by atoms with E-state index in [1.807, 2.05) is 0 Å². The lowest BCUT2D eigenvalue weighted by Gasteiger charge is -2.28. The monoisotopic (exact) mass is 211 g/mol. The van der Waals surface area contributed by atoms with Crippen LogP contribution in [0.4, 0.5) is 0 Å². The number of ether oxygens (including phenoxy) is 1. The fourth-order valence-electron chi connectivity index (χ4n) is 2.06. The normalized spacial score (nSPS) is 22.7. The molecule has 0 aliphatic carbocycles. The van der Waals surface area contributed by atoms with Crippen molar-refractivity contribution in [1.82, 2.24) is 0 Å². The van der Waals surface area contributed by atoms with E-state index in [1.54, 1.807) is 0 Å². The lowest BCUT2D eigenvalue weighted by atomic mass is 9.83. The molecule has 0 saturated heterocycles. The van der Waals surface area contributed by atoms with Crippen molar-refractivity contribution >= 4 is 12.7 Å². The molecule has 1 heterocycles. The first-order chi connectivity index (χ1) is 7.29. The summed E-state index contributed by atoms with van der Waals surface area (Å²) < 4.78 is 5.25. The smallest absolute Gasteiger partial charge is 0.180 e. The number of aliphatic imine (C=N–C) groups is 1. The zero-order valence-corrected chi connectivity index (χ0v) is 9.74. The summed E-state index contributed by atoms with van der Waals surface area (Å²) in [5, 5.41) is 0. The molecule has 3 nitrogen and oxygen atoms in total. The maximum atomic E-state index is 10.9. The van der Waals surface area contributed by atoms with E-state index in [-0.39, 0.29) is 11.6 Å². The molecule has 0 aromatic heterocycles. The Morgan fingerprint density at radius 3 is 2.40 bits per heavy atom. The van der Waals surface area contributed by atoms with Crippen LogP contribution in [0, 0.1) is 0 Å². The van der Waals surface area contributed by atoms with Crippen molar-refractivity contribution in [3.8, 4) is 0 Å². The quantitative estimate of drug-likeness (QED) is 0.607. The highest BCUT2D eigenvalue weighted by atomic mass is 16.5. The summed E-state index contributed by atoms with van der Waals surface area (Å²) in [6, 6.07) is 0. The molecule has 1 atom stereocenters. The van der Waals surface area contributed by atoms with Crippen LogP contribution in [-0.4, -0.2) is 24.3 Å². The van der Waals surface area contributed by atoms with Gasteiger partial charge in [-0.05, 0) is 12.8 Å². The second-order valence-corrected chi connectivity index (χ2v) is 4.24. The minimum atomic E-state index is -0.351. The Bertz CT molecular complexity index is 218. The van der Waals surface area contributed by atoms with Gasteiger partial charge in [-0.15, -0.1) is 0 Å². The molecule has 0 aromatic carbocycles. The van der Waals surface area contributed by atoms with Gasteiger partial charge < -0.3 is 4.74 Å². The molecule has 0 fully saturated rings. The van der Waals surface area contributed by atoms with Crippen molar-refractivity contribution in [2.75, 3.05) is 0 Å². The SMILES string of the molecule is CCCCC1(CCCC)N=COC1C=O. The topological polar surface area (TPSA) is 38.7 Å². The predicted octanol–water partition coefficient (Wildman–Crippen LogP) is 2.73. The van der Waals surface area contributed by atoms with Gasteiger partial charge >= 0.3 is 0 Å². The number of aldehydes is 1. The summed E-state index contributed by atoms with van der Waals surface area (Å²) in [7, 11) is 0. The highest BCUT2D eigenvalue weighted by Crippen LogP contribution is 2.33. The van der Waals surface area contributed by atoms with Crippen molar-refractivity contribution in [1.29, 1.82) is 0 Å². The molecule has 15 heavy (non-hydrogen) atoms. The Morgan fingerprint density at radius 2 is 1.93 bits per heavy atom. The van der Waals surface area contributed by atoms with Crippen LogP contribution in [0.3, 0.4) is 0 Å². The molecule has 0 spiro atoms. The third kappa shape index (κ3) is 2.80. The largest absolute Gasteiger partial charge is 0.470 e. The van der Waals surface area contributed by atoms with E-state index in [2.05, 4.69) is 18.8 Å². The average molecular weight is 211 g/mol. The molecular weight excluding hydrogens is 190 g/mol. The molecular formula is C12H21NO2. The van der Waals surface area contributed by atoms with Crippen molar-refractivity contribution in [2.45, 2.75) is 64.0 Å². The van der Waals surface area contributed by atoms with Crippen LogP contribution in [-0.2, 0) is 9.53 Å². The molecule has 1 rings (SSSR count). The van der Waals surface area contributed by atoms with E-state index < -0.39 is 0 Å². The molecule has 0 radical (unpaired) electrons. The molecule has 0 bridgehead atoms. The van der Waals surface area contributed by atoms with E-state index in [0.29, 0.717) is 0 Å². The number of carbonyl (C=O) groups is 1. The van der Waals surface area contributed by atoms with Crippen LogP contribution >= 0.6 is 0 Å². The summed E-state index contributed by atoms with van der Waals surface area (Å²) in [5.74, 6) is 0. The van der Waals surface area contributed by atoms with Gasteiger partial charge in [-0.25, -0.2) is 4.99 Å². The van der Waals surface area contributed by atoms with Gasteiger partial charge in [-0.3, -0.25) is 4.79 Å². The Labute approximate surface area is 91.9 Å². The highest BCUT2D eigenvalue weighted by Gasteiger charge is 2.41. The standard InChI is InChI=1S/C12H21NO2/c1-3-5-7-12(8-6-4-2)11(9-14)15-10-13-12/h9-11H,3-8H2,1-2H3. The predicted molar refractivity (Wildman–Crippen MR) is 61.2 cm³/mol. The van der Waals surface area contributed by atoms with Crippen molar-refractivity contribution in [3.63, 3.8) is 0 Å². The first-order valence-corrected chi connectivity index (χ1v) is 5.93. The zero-order valence-electron chi connectivity index (χ0n) is 9.74. The van der Waals surface area contributed by atoms with Crippen molar-refractivity contribution in [3.05, 3.63) is 0 Å². The van der Waals surface area contributed by atoms with E-state index in [9.17, 15) is 4.79 Å². The molecule has 86 valence electrons. The van der Waals surface area contributed by atoms with Crippen LogP contribution in [0.2, 0.25) is 0 Å². The van der Waals surface area contributed by atoms with Crippen molar-refractivity contribution in [2.24, 2.45) is 4.99 Å². The molecule has 0 N–H and O–H groups in total. The number of hydrogen-bond donors (Lipinski definition) is 0. The highest BCUT2D eigenvalue weighted by molar-refractivity contribution is 5.67. The molecule has 1 aliphatic heterocycles. The number of hydrogen-bond acceptors (Lipinski definition) is 3. The molecule has 1 aliphatic rings. The molecule has 0 aromatic rings. The van der Waals surface area contributed by atoms with Crippen LogP contribution in [0.15, 0.2) is 4.99 Å². The maximum absolute atomic E-state index is 10.9. The summed E-state index contributed by atoms with van der Waals surface area (Å²) in [6.07, 6.45) is 8.42.